The van der Waals surface area contributed by atoms with Crippen LogP contribution in [0.5, 0.6) is 5.75 Å². The van der Waals surface area contributed by atoms with Crippen LogP contribution >= 0.6 is 0 Å². The Kier molecular flexibility index (Phi) is 7.86. The quantitative estimate of drug-likeness (QED) is 0.711. The fraction of sp³-hybridized carbons (Fsp3) is 0.579. The minimum Gasteiger partial charge on any atom is -0.491 e. The van der Waals surface area contributed by atoms with E-state index in [0.29, 0.717) is 5.75 Å². The van der Waals surface area contributed by atoms with Gasteiger partial charge < -0.3 is 19.5 Å². The summed E-state index contributed by atoms with van der Waals surface area (Å²) in [6.07, 6.45) is -0.546. The monoisotopic (exact) mass is 369 g/mol. The third-order valence-corrected chi connectivity index (χ3v) is 3.30. The maximum absolute atomic E-state index is 12.5. The van der Waals surface area contributed by atoms with Gasteiger partial charge in [0.15, 0.2) is 0 Å². The van der Waals surface area contributed by atoms with E-state index >= 15 is 0 Å². The number of alkyl carbamates (subject to hydrolysis) is 1. The summed E-state index contributed by atoms with van der Waals surface area (Å²) < 4.78 is 27.9. The fourth-order valence-electron chi connectivity index (χ4n) is 2.30. The summed E-state index contributed by atoms with van der Waals surface area (Å²) in [6.45, 7) is 8.02. The van der Waals surface area contributed by atoms with Crippen LogP contribution in [0, 0.1) is 0 Å². The number of nitrogens with one attached hydrogen (secondary N) is 1. The van der Waals surface area contributed by atoms with Crippen molar-refractivity contribution in [1.82, 2.24) is 5.32 Å². The Morgan fingerprint density at radius 3 is 2.46 bits per heavy atom. The summed E-state index contributed by atoms with van der Waals surface area (Å²) in [7, 11) is 0. The summed E-state index contributed by atoms with van der Waals surface area (Å²) in [5.74, 6) is -0.0791. The van der Waals surface area contributed by atoms with Crippen molar-refractivity contribution in [2.24, 2.45) is 0 Å². The Labute approximate surface area is 154 Å². The molecule has 0 bridgehead atoms. The van der Waals surface area contributed by atoms with Crippen LogP contribution in [0.3, 0.4) is 0 Å². The van der Waals surface area contributed by atoms with Crippen molar-refractivity contribution in [2.45, 2.75) is 52.2 Å². The summed E-state index contributed by atoms with van der Waals surface area (Å²) in [4.78, 5) is 24.6. The number of hydrogen-bond donors (Lipinski definition) is 1. The first-order valence-corrected chi connectivity index (χ1v) is 8.55. The molecule has 0 aliphatic carbocycles. The first kappa shape index (κ1) is 21.7. The molecule has 146 valence electrons. The van der Waals surface area contributed by atoms with Gasteiger partial charge in [0.05, 0.1) is 6.61 Å². The molecule has 1 rings (SSSR count). The Balaban J connectivity index is 2.99. The highest BCUT2D eigenvalue weighted by molar-refractivity contribution is 5.85. The van der Waals surface area contributed by atoms with Crippen molar-refractivity contribution < 1.29 is 28.2 Å². The lowest BCUT2D eigenvalue weighted by molar-refractivity contribution is -0.150. The molecule has 0 saturated carbocycles. The van der Waals surface area contributed by atoms with Gasteiger partial charge in [0.25, 0.3) is 0 Å². The minimum atomic E-state index is -1.32. The summed E-state index contributed by atoms with van der Waals surface area (Å²) in [5.41, 5.74) is -1.29. The predicted molar refractivity (Wildman–Crippen MR) is 96.0 cm³/mol. The highest BCUT2D eigenvalue weighted by atomic mass is 19.1. The van der Waals surface area contributed by atoms with E-state index in [2.05, 4.69) is 5.32 Å². The number of ether oxygens (including phenoxy) is 3. The lowest BCUT2D eigenvalue weighted by Crippen LogP contribution is -2.55. The van der Waals surface area contributed by atoms with Crippen LogP contribution in [0.4, 0.5) is 9.18 Å². The molecule has 7 heteroatoms. The van der Waals surface area contributed by atoms with Crippen LogP contribution in [-0.4, -0.2) is 43.1 Å². The normalized spacial score (nSPS) is 13.5. The largest absolute Gasteiger partial charge is 0.491 e. The maximum atomic E-state index is 12.5. The summed E-state index contributed by atoms with van der Waals surface area (Å²) in [5, 5.41) is 2.61. The van der Waals surface area contributed by atoms with E-state index in [1.54, 1.807) is 58.9 Å². The molecule has 0 aliphatic heterocycles. The molecule has 26 heavy (non-hydrogen) atoms. The maximum Gasteiger partial charge on any atom is 0.408 e. The van der Waals surface area contributed by atoms with Gasteiger partial charge in [-0.1, -0.05) is 12.1 Å². The standard InChI is InChI=1S/C19H28FNO5/c1-6-24-16(22)19(5,21-17(23)26-18(2,3)4)13-14-8-7-9-15(12-14)25-11-10-20/h7-9,12H,6,10-11,13H2,1-5H3,(H,21,23)/t19-/m0/s1. The molecule has 0 aromatic heterocycles. The van der Waals surface area contributed by atoms with E-state index in [4.69, 9.17) is 14.2 Å². The smallest absolute Gasteiger partial charge is 0.408 e. The SMILES string of the molecule is CCOC(=O)[C@](C)(Cc1cccc(OCCF)c1)NC(=O)OC(C)(C)C. The third kappa shape index (κ3) is 7.29. The average Bonchev–Trinajstić information content (AvgIpc) is 2.51. The van der Waals surface area contributed by atoms with Gasteiger partial charge in [0, 0.05) is 6.42 Å². The molecular weight excluding hydrogens is 341 g/mol. The van der Waals surface area contributed by atoms with E-state index < -0.39 is 29.9 Å². The van der Waals surface area contributed by atoms with Gasteiger partial charge in [-0.2, -0.15) is 0 Å². The number of rotatable bonds is 8. The molecule has 0 fully saturated rings. The van der Waals surface area contributed by atoms with Gasteiger partial charge in [-0.3, -0.25) is 0 Å². The second-order valence-electron chi connectivity index (χ2n) is 7.04. The number of carbonyl (C=O) groups excluding carboxylic acids is 2. The van der Waals surface area contributed by atoms with E-state index in [1.165, 1.54) is 0 Å². The van der Waals surface area contributed by atoms with Gasteiger partial charge >= 0.3 is 12.1 Å². The number of benzene rings is 1. The van der Waals surface area contributed by atoms with E-state index in [1.807, 2.05) is 0 Å². The van der Waals surface area contributed by atoms with Crippen molar-refractivity contribution in [1.29, 1.82) is 0 Å². The molecule has 0 heterocycles. The Hall–Kier alpha value is -2.31. The molecule has 1 atom stereocenters. The number of carbonyl (C=O) groups is 2. The second-order valence-corrected chi connectivity index (χ2v) is 7.04. The molecule has 0 radical (unpaired) electrons. The van der Waals surface area contributed by atoms with Crippen LogP contribution in [0.1, 0.15) is 40.2 Å². The Morgan fingerprint density at radius 1 is 1.19 bits per heavy atom. The summed E-state index contributed by atoms with van der Waals surface area (Å²) >= 11 is 0. The topological polar surface area (TPSA) is 73.9 Å². The third-order valence-electron chi connectivity index (χ3n) is 3.30. The predicted octanol–water partition coefficient (Wildman–Crippen LogP) is 3.42. The average molecular weight is 369 g/mol. The van der Waals surface area contributed by atoms with E-state index in [-0.39, 0.29) is 19.6 Å². The van der Waals surface area contributed by atoms with Crippen molar-refractivity contribution >= 4 is 12.1 Å². The van der Waals surface area contributed by atoms with Crippen molar-refractivity contribution in [3.63, 3.8) is 0 Å². The lowest BCUT2D eigenvalue weighted by Gasteiger charge is -2.30. The van der Waals surface area contributed by atoms with Gasteiger partial charge in [0.2, 0.25) is 0 Å². The summed E-state index contributed by atoms with van der Waals surface area (Å²) in [6, 6.07) is 6.92. The van der Waals surface area contributed by atoms with Crippen LogP contribution in [0.15, 0.2) is 24.3 Å². The minimum absolute atomic E-state index is 0.0469. The number of halogens is 1. The van der Waals surface area contributed by atoms with Gasteiger partial charge in [-0.15, -0.1) is 0 Å². The van der Waals surface area contributed by atoms with Gasteiger partial charge in [-0.05, 0) is 52.3 Å². The molecule has 0 unspecified atom stereocenters. The van der Waals surface area contributed by atoms with Gasteiger partial charge in [-0.25, -0.2) is 14.0 Å². The number of alkyl halides is 1. The molecular formula is C19H28FNO5. The zero-order chi connectivity index (χ0) is 19.8. The first-order valence-electron chi connectivity index (χ1n) is 8.55. The molecule has 1 aromatic carbocycles. The zero-order valence-electron chi connectivity index (χ0n) is 16.1. The number of amides is 1. The van der Waals surface area contributed by atoms with E-state index in [0.717, 1.165) is 5.56 Å². The fourth-order valence-corrected chi connectivity index (χ4v) is 2.30. The van der Waals surface area contributed by atoms with Crippen LogP contribution in [-0.2, 0) is 20.7 Å². The van der Waals surface area contributed by atoms with Crippen LogP contribution in [0.25, 0.3) is 0 Å². The van der Waals surface area contributed by atoms with Crippen molar-refractivity contribution in [2.75, 3.05) is 19.9 Å². The molecule has 0 spiro atoms. The zero-order valence-corrected chi connectivity index (χ0v) is 16.1. The molecule has 1 aromatic rings. The number of hydrogen-bond acceptors (Lipinski definition) is 5. The second kappa shape index (κ2) is 9.40. The lowest BCUT2D eigenvalue weighted by atomic mass is 9.92. The molecule has 1 N–H and O–H groups in total. The molecule has 6 nitrogen and oxygen atoms in total. The molecule has 0 saturated heterocycles. The van der Waals surface area contributed by atoms with Gasteiger partial charge in [0.1, 0.15) is 30.2 Å². The van der Waals surface area contributed by atoms with Crippen LogP contribution in [0.2, 0.25) is 0 Å². The van der Waals surface area contributed by atoms with Crippen molar-refractivity contribution in [3.05, 3.63) is 29.8 Å². The van der Waals surface area contributed by atoms with Crippen molar-refractivity contribution in [3.8, 4) is 5.75 Å². The highest BCUT2D eigenvalue weighted by Crippen LogP contribution is 2.21. The first-order chi connectivity index (χ1) is 12.1. The highest BCUT2D eigenvalue weighted by Gasteiger charge is 2.38. The Morgan fingerprint density at radius 2 is 1.88 bits per heavy atom. The molecule has 1 amide bonds. The Bertz CT molecular complexity index is 614. The van der Waals surface area contributed by atoms with Crippen LogP contribution < -0.4 is 10.1 Å². The molecule has 0 aliphatic rings. The number of esters is 1. The van der Waals surface area contributed by atoms with E-state index in [9.17, 15) is 14.0 Å².